The fraction of sp³-hybridized carbons (Fsp3) is 0.200. The van der Waals surface area contributed by atoms with Crippen LogP contribution in [0.4, 0.5) is 4.39 Å². The van der Waals surface area contributed by atoms with Gasteiger partial charge in [0, 0.05) is 16.8 Å². The molecule has 2 rings (SSSR count). The summed E-state index contributed by atoms with van der Waals surface area (Å²) in [5, 5.41) is 9.05. The fourth-order valence-corrected chi connectivity index (χ4v) is 2.01. The normalized spacial score (nSPS) is 10.2. The van der Waals surface area contributed by atoms with E-state index in [9.17, 15) is 9.18 Å². The second-order valence-electron chi connectivity index (χ2n) is 4.35. The summed E-state index contributed by atoms with van der Waals surface area (Å²) < 4.78 is 14.1. The molecule has 96 valence electrons. The minimum atomic E-state index is -0.489. The number of hydrogen-bond acceptors (Lipinski definition) is 2. The minimum absolute atomic E-state index is 0.0613. The molecule has 3 nitrogen and oxygen atoms in total. The molecule has 4 heteroatoms. The zero-order valence-electron chi connectivity index (χ0n) is 10.7. The summed E-state index contributed by atoms with van der Waals surface area (Å²) in [4.78, 5) is 14.2. The Kier molecular flexibility index (Phi) is 3.48. The molecular formula is C15H13FN2O. The summed E-state index contributed by atoms with van der Waals surface area (Å²) in [7, 11) is 0. The van der Waals surface area contributed by atoms with E-state index in [4.69, 9.17) is 5.26 Å². The number of H-pyrrole nitrogens is 1. The average Bonchev–Trinajstić information content (AvgIpc) is 2.37. The van der Waals surface area contributed by atoms with Gasteiger partial charge in [-0.25, -0.2) is 4.39 Å². The Morgan fingerprint density at radius 2 is 2.05 bits per heavy atom. The predicted octanol–water partition coefficient (Wildman–Crippen LogP) is 2.92. The van der Waals surface area contributed by atoms with Crippen LogP contribution in [0.25, 0.3) is 11.1 Å². The van der Waals surface area contributed by atoms with Crippen molar-refractivity contribution < 1.29 is 4.39 Å². The van der Waals surface area contributed by atoms with Gasteiger partial charge in [0.1, 0.15) is 17.4 Å². The Morgan fingerprint density at radius 3 is 2.63 bits per heavy atom. The topological polar surface area (TPSA) is 56.6 Å². The van der Waals surface area contributed by atoms with Gasteiger partial charge in [-0.15, -0.1) is 0 Å². The molecule has 0 unspecified atom stereocenters. The van der Waals surface area contributed by atoms with E-state index in [1.807, 2.05) is 13.0 Å². The monoisotopic (exact) mass is 256 g/mol. The molecule has 0 atom stereocenters. The molecule has 0 saturated carbocycles. The molecule has 2 aromatic rings. The van der Waals surface area contributed by atoms with E-state index in [2.05, 4.69) is 4.98 Å². The van der Waals surface area contributed by atoms with Gasteiger partial charge < -0.3 is 4.98 Å². The summed E-state index contributed by atoms with van der Waals surface area (Å²) >= 11 is 0. The Balaban J connectivity index is 2.72. The first-order chi connectivity index (χ1) is 9.06. The Hall–Kier alpha value is -2.41. The Morgan fingerprint density at radius 1 is 1.32 bits per heavy atom. The summed E-state index contributed by atoms with van der Waals surface area (Å²) in [5.41, 5.74) is 1.54. The number of aromatic amines is 1. The van der Waals surface area contributed by atoms with Gasteiger partial charge in [0.2, 0.25) is 0 Å². The maximum atomic E-state index is 14.1. The van der Waals surface area contributed by atoms with Crippen molar-refractivity contribution in [3.05, 3.63) is 57.3 Å². The number of aromatic nitrogens is 1. The van der Waals surface area contributed by atoms with Gasteiger partial charge in [-0.2, -0.15) is 5.26 Å². The van der Waals surface area contributed by atoms with Gasteiger partial charge >= 0.3 is 0 Å². The van der Waals surface area contributed by atoms with Gasteiger partial charge in [-0.1, -0.05) is 19.1 Å². The van der Waals surface area contributed by atoms with Crippen molar-refractivity contribution in [2.24, 2.45) is 0 Å². The van der Waals surface area contributed by atoms with Crippen molar-refractivity contribution in [3.63, 3.8) is 0 Å². The van der Waals surface area contributed by atoms with Gasteiger partial charge in [0.25, 0.3) is 5.56 Å². The lowest BCUT2D eigenvalue weighted by molar-refractivity contribution is 0.629. The van der Waals surface area contributed by atoms with Gasteiger partial charge in [-0.3, -0.25) is 4.79 Å². The average molecular weight is 256 g/mol. The van der Waals surface area contributed by atoms with Crippen molar-refractivity contribution >= 4 is 0 Å². The van der Waals surface area contributed by atoms with Crippen LogP contribution >= 0.6 is 0 Å². The summed E-state index contributed by atoms with van der Waals surface area (Å²) in [6.07, 6.45) is 0.733. The van der Waals surface area contributed by atoms with Crippen LogP contribution in [0, 0.1) is 24.1 Å². The molecule has 0 radical (unpaired) electrons. The lowest BCUT2D eigenvalue weighted by Crippen LogP contribution is -2.13. The maximum absolute atomic E-state index is 14.1. The van der Waals surface area contributed by atoms with E-state index in [1.165, 1.54) is 6.07 Å². The summed E-state index contributed by atoms with van der Waals surface area (Å²) in [6, 6.07) is 8.30. The lowest BCUT2D eigenvalue weighted by Gasteiger charge is -2.08. The standard InChI is InChI=1S/C15H13FN2O/c1-3-10-4-5-11(14(16)7-10)12-6-9(2)18-15(19)13(12)8-17/h4-7H,3H2,1-2H3,(H,18,19). The largest absolute Gasteiger partial charge is 0.325 e. The molecule has 0 aliphatic carbocycles. The molecule has 1 heterocycles. The van der Waals surface area contributed by atoms with Crippen molar-refractivity contribution in [2.45, 2.75) is 20.3 Å². The number of rotatable bonds is 2. The van der Waals surface area contributed by atoms with Gasteiger partial charge in [-0.05, 0) is 31.0 Å². The highest BCUT2D eigenvalue weighted by Crippen LogP contribution is 2.25. The first-order valence-electron chi connectivity index (χ1n) is 5.99. The number of nitrogens with zero attached hydrogens (tertiary/aromatic N) is 1. The molecule has 0 fully saturated rings. The van der Waals surface area contributed by atoms with E-state index >= 15 is 0 Å². The number of halogens is 1. The second-order valence-corrected chi connectivity index (χ2v) is 4.35. The van der Waals surface area contributed by atoms with Gasteiger partial charge in [0.05, 0.1) is 0 Å². The highest BCUT2D eigenvalue weighted by atomic mass is 19.1. The van der Waals surface area contributed by atoms with E-state index in [0.717, 1.165) is 12.0 Å². The number of pyridine rings is 1. The molecule has 1 aromatic carbocycles. The van der Waals surface area contributed by atoms with E-state index in [1.54, 1.807) is 25.1 Å². The third-order valence-electron chi connectivity index (χ3n) is 3.01. The van der Waals surface area contributed by atoms with Crippen molar-refractivity contribution in [1.29, 1.82) is 5.26 Å². The van der Waals surface area contributed by atoms with Crippen LogP contribution in [0.2, 0.25) is 0 Å². The first kappa shape index (κ1) is 13.0. The van der Waals surface area contributed by atoms with Crippen LogP contribution < -0.4 is 5.56 Å². The third kappa shape index (κ3) is 2.41. The fourth-order valence-electron chi connectivity index (χ4n) is 2.01. The minimum Gasteiger partial charge on any atom is -0.325 e. The number of benzene rings is 1. The molecule has 0 aliphatic heterocycles. The predicted molar refractivity (Wildman–Crippen MR) is 71.3 cm³/mol. The van der Waals surface area contributed by atoms with E-state index < -0.39 is 11.4 Å². The lowest BCUT2D eigenvalue weighted by atomic mass is 9.98. The molecule has 19 heavy (non-hydrogen) atoms. The van der Waals surface area contributed by atoms with Gasteiger partial charge in [0.15, 0.2) is 0 Å². The Bertz CT molecular complexity index is 726. The third-order valence-corrected chi connectivity index (χ3v) is 3.01. The molecule has 0 bridgehead atoms. The Labute approximate surface area is 110 Å². The SMILES string of the molecule is CCc1ccc(-c2cc(C)[nH]c(=O)c2C#N)c(F)c1. The quantitative estimate of drug-likeness (QED) is 0.898. The van der Waals surface area contributed by atoms with E-state index in [-0.39, 0.29) is 11.1 Å². The molecule has 0 aliphatic rings. The maximum Gasteiger partial charge on any atom is 0.266 e. The van der Waals surface area contributed by atoms with Crippen LogP contribution in [0.1, 0.15) is 23.7 Å². The molecule has 0 saturated heterocycles. The van der Waals surface area contributed by atoms with Crippen LogP contribution in [-0.4, -0.2) is 4.98 Å². The van der Waals surface area contributed by atoms with Crippen molar-refractivity contribution in [1.82, 2.24) is 4.98 Å². The molecule has 0 amide bonds. The molecule has 0 spiro atoms. The highest BCUT2D eigenvalue weighted by Gasteiger charge is 2.13. The summed E-state index contributed by atoms with van der Waals surface area (Å²) in [5.74, 6) is -0.416. The van der Waals surface area contributed by atoms with Crippen LogP contribution in [0.15, 0.2) is 29.1 Å². The smallest absolute Gasteiger partial charge is 0.266 e. The van der Waals surface area contributed by atoms with Crippen LogP contribution in [0.3, 0.4) is 0 Å². The van der Waals surface area contributed by atoms with Crippen molar-refractivity contribution in [3.8, 4) is 17.2 Å². The van der Waals surface area contributed by atoms with Crippen molar-refractivity contribution in [2.75, 3.05) is 0 Å². The van der Waals surface area contributed by atoms with Crippen LogP contribution in [0.5, 0.6) is 0 Å². The number of nitriles is 1. The second kappa shape index (κ2) is 5.07. The number of nitrogens with one attached hydrogen (secondary N) is 1. The number of aryl methyl sites for hydroxylation is 2. The molecule has 1 N–H and O–H groups in total. The number of hydrogen-bond donors (Lipinski definition) is 1. The van der Waals surface area contributed by atoms with Crippen LogP contribution in [-0.2, 0) is 6.42 Å². The molecule has 1 aromatic heterocycles. The summed E-state index contributed by atoms with van der Waals surface area (Å²) in [6.45, 7) is 3.64. The first-order valence-corrected chi connectivity index (χ1v) is 5.99. The molecular weight excluding hydrogens is 243 g/mol. The highest BCUT2D eigenvalue weighted by molar-refractivity contribution is 5.71. The zero-order valence-corrected chi connectivity index (χ0v) is 10.7. The zero-order chi connectivity index (χ0) is 14.0. The van der Waals surface area contributed by atoms with E-state index in [0.29, 0.717) is 11.3 Å².